The Morgan fingerprint density at radius 1 is 1.50 bits per heavy atom. The molecule has 1 aliphatic carbocycles. The summed E-state index contributed by atoms with van der Waals surface area (Å²) in [4.78, 5) is 12.7. The zero-order valence-corrected chi connectivity index (χ0v) is 13.0. The zero-order chi connectivity index (χ0) is 14.9. The molecule has 1 amide bonds. The first kappa shape index (κ1) is 15.0. The van der Waals surface area contributed by atoms with Gasteiger partial charge in [-0.2, -0.15) is 5.10 Å². The number of hydrogen-bond acceptors (Lipinski definition) is 3. The van der Waals surface area contributed by atoms with E-state index in [0.717, 1.165) is 30.7 Å². The third-order valence-electron chi connectivity index (χ3n) is 4.92. The second kappa shape index (κ2) is 5.56. The van der Waals surface area contributed by atoms with Crippen LogP contribution in [-0.4, -0.2) is 27.8 Å². The molecule has 2 atom stereocenters. The van der Waals surface area contributed by atoms with Crippen molar-refractivity contribution in [2.75, 3.05) is 6.54 Å². The molecule has 2 rings (SSSR count). The van der Waals surface area contributed by atoms with Crippen molar-refractivity contribution in [1.82, 2.24) is 15.1 Å². The van der Waals surface area contributed by atoms with E-state index in [1.165, 1.54) is 6.42 Å². The summed E-state index contributed by atoms with van der Waals surface area (Å²) in [7, 11) is 1.86. The molecular formula is C15H26N4O. The molecule has 1 heterocycles. The minimum atomic E-state index is -0.260. The van der Waals surface area contributed by atoms with Crippen LogP contribution in [0.4, 0.5) is 0 Å². The van der Waals surface area contributed by atoms with E-state index in [0.29, 0.717) is 18.0 Å². The molecule has 3 N–H and O–H groups in total. The molecule has 0 aliphatic heterocycles. The smallest absolute Gasteiger partial charge is 0.255 e. The van der Waals surface area contributed by atoms with Gasteiger partial charge in [0.2, 0.25) is 0 Å². The van der Waals surface area contributed by atoms with Gasteiger partial charge in [0.25, 0.3) is 5.91 Å². The minimum absolute atomic E-state index is 0.0349. The fourth-order valence-corrected chi connectivity index (χ4v) is 3.34. The lowest BCUT2D eigenvalue weighted by Crippen LogP contribution is -2.59. The summed E-state index contributed by atoms with van der Waals surface area (Å²) in [6.45, 7) is 6.49. The van der Waals surface area contributed by atoms with E-state index in [4.69, 9.17) is 5.73 Å². The van der Waals surface area contributed by atoms with Gasteiger partial charge >= 0.3 is 0 Å². The quantitative estimate of drug-likeness (QED) is 0.883. The van der Waals surface area contributed by atoms with Gasteiger partial charge < -0.3 is 11.1 Å². The highest BCUT2D eigenvalue weighted by Crippen LogP contribution is 2.33. The Balaban J connectivity index is 2.25. The van der Waals surface area contributed by atoms with Crippen LogP contribution in [0.2, 0.25) is 0 Å². The van der Waals surface area contributed by atoms with Gasteiger partial charge in [0, 0.05) is 19.3 Å². The van der Waals surface area contributed by atoms with Gasteiger partial charge in [-0.15, -0.1) is 0 Å². The second-order valence-corrected chi connectivity index (χ2v) is 6.13. The van der Waals surface area contributed by atoms with Gasteiger partial charge in [-0.25, -0.2) is 0 Å². The Morgan fingerprint density at radius 2 is 2.20 bits per heavy atom. The van der Waals surface area contributed by atoms with Crippen LogP contribution in [0.1, 0.15) is 54.4 Å². The van der Waals surface area contributed by atoms with Crippen LogP contribution in [0, 0.1) is 19.8 Å². The molecule has 0 radical (unpaired) electrons. The number of nitrogens with two attached hydrogens (primary N) is 1. The maximum atomic E-state index is 12.7. The summed E-state index contributed by atoms with van der Waals surface area (Å²) in [6.07, 6.45) is 4.45. The van der Waals surface area contributed by atoms with Crippen LogP contribution in [0.15, 0.2) is 0 Å². The third-order valence-corrected chi connectivity index (χ3v) is 4.92. The number of rotatable bonds is 3. The monoisotopic (exact) mass is 278 g/mol. The van der Waals surface area contributed by atoms with Gasteiger partial charge in [-0.05, 0) is 32.6 Å². The SMILES string of the molecule is Cc1nn(C)c(C)c1C(=O)NC1(CN)CCCCC1C. The second-order valence-electron chi connectivity index (χ2n) is 6.13. The van der Waals surface area contributed by atoms with Gasteiger partial charge in [0.15, 0.2) is 0 Å². The summed E-state index contributed by atoms with van der Waals surface area (Å²) in [5.74, 6) is 0.384. The molecule has 1 aromatic rings. The average Bonchev–Trinajstić information content (AvgIpc) is 2.66. The molecule has 112 valence electrons. The first-order valence-electron chi connectivity index (χ1n) is 7.44. The van der Waals surface area contributed by atoms with Crippen molar-refractivity contribution in [3.05, 3.63) is 17.0 Å². The van der Waals surface area contributed by atoms with Crippen molar-refractivity contribution in [2.45, 2.75) is 52.0 Å². The lowest BCUT2D eigenvalue weighted by Gasteiger charge is -2.42. The van der Waals surface area contributed by atoms with E-state index < -0.39 is 0 Å². The van der Waals surface area contributed by atoms with Crippen molar-refractivity contribution >= 4 is 5.91 Å². The Morgan fingerprint density at radius 3 is 2.70 bits per heavy atom. The molecule has 0 saturated heterocycles. The first-order chi connectivity index (χ1) is 9.41. The van der Waals surface area contributed by atoms with Crippen molar-refractivity contribution in [1.29, 1.82) is 0 Å². The van der Waals surface area contributed by atoms with Crippen molar-refractivity contribution in [3.63, 3.8) is 0 Å². The first-order valence-corrected chi connectivity index (χ1v) is 7.44. The number of carbonyl (C=O) groups is 1. The molecule has 1 saturated carbocycles. The van der Waals surface area contributed by atoms with Crippen LogP contribution < -0.4 is 11.1 Å². The molecule has 0 aromatic carbocycles. The Labute approximate surface area is 120 Å². The van der Waals surface area contributed by atoms with Crippen LogP contribution in [0.3, 0.4) is 0 Å². The predicted octanol–water partition coefficient (Wildman–Crippen LogP) is 1.67. The van der Waals surface area contributed by atoms with E-state index in [-0.39, 0.29) is 11.4 Å². The van der Waals surface area contributed by atoms with Crippen molar-refractivity contribution < 1.29 is 4.79 Å². The van der Waals surface area contributed by atoms with E-state index >= 15 is 0 Å². The fraction of sp³-hybridized carbons (Fsp3) is 0.733. The molecule has 2 unspecified atom stereocenters. The largest absolute Gasteiger partial charge is 0.345 e. The van der Waals surface area contributed by atoms with Crippen LogP contribution in [0.5, 0.6) is 0 Å². The van der Waals surface area contributed by atoms with E-state index in [1.54, 1.807) is 4.68 Å². The Hall–Kier alpha value is -1.36. The molecule has 5 heteroatoms. The lowest BCUT2D eigenvalue weighted by molar-refractivity contribution is 0.0811. The summed E-state index contributed by atoms with van der Waals surface area (Å²) in [5.41, 5.74) is 8.11. The number of nitrogens with one attached hydrogen (secondary N) is 1. The van der Waals surface area contributed by atoms with E-state index in [9.17, 15) is 4.79 Å². The number of amides is 1. The van der Waals surface area contributed by atoms with E-state index in [1.807, 2.05) is 20.9 Å². The fourth-order valence-electron chi connectivity index (χ4n) is 3.34. The number of hydrogen-bond donors (Lipinski definition) is 2. The number of aryl methyl sites for hydroxylation is 2. The molecule has 0 spiro atoms. The maximum absolute atomic E-state index is 12.7. The van der Waals surface area contributed by atoms with Gasteiger partial charge in [-0.1, -0.05) is 19.8 Å². The Bertz CT molecular complexity index is 508. The summed E-state index contributed by atoms with van der Waals surface area (Å²) in [5, 5.41) is 7.54. The molecule has 1 aromatic heterocycles. The minimum Gasteiger partial charge on any atom is -0.345 e. The normalized spacial score (nSPS) is 26.6. The van der Waals surface area contributed by atoms with Crippen LogP contribution in [0.25, 0.3) is 0 Å². The Kier molecular flexibility index (Phi) is 4.18. The van der Waals surface area contributed by atoms with Gasteiger partial charge in [-0.3, -0.25) is 9.48 Å². The number of carbonyl (C=O) groups excluding carboxylic acids is 1. The average molecular weight is 278 g/mol. The van der Waals surface area contributed by atoms with Crippen LogP contribution >= 0.6 is 0 Å². The van der Waals surface area contributed by atoms with Crippen LogP contribution in [-0.2, 0) is 7.05 Å². The molecule has 1 aliphatic rings. The highest BCUT2D eigenvalue weighted by molar-refractivity contribution is 5.96. The standard InChI is InChI=1S/C15H26N4O/c1-10-7-5-6-8-15(10,9-16)17-14(20)13-11(2)18-19(4)12(13)3/h10H,5-9,16H2,1-4H3,(H,17,20). The highest BCUT2D eigenvalue weighted by atomic mass is 16.1. The lowest BCUT2D eigenvalue weighted by atomic mass is 9.73. The molecule has 0 bridgehead atoms. The highest BCUT2D eigenvalue weighted by Gasteiger charge is 2.39. The number of aromatic nitrogens is 2. The molecule has 20 heavy (non-hydrogen) atoms. The number of nitrogens with zero attached hydrogens (tertiary/aromatic N) is 2. The molecule has 1 fully saturated rings. The van der Waals surface area contributed by atoms with Gasteiger partial charge in [0.1, 0.15) is 0 Å². The van der Waals surface area contributed by atoms with E-state index in [2.05, 4.69) is 17.3 Å². The molecular weight excluding hydrogens is 252 g/mol. The topological polar surface area (TPSA) is 72.9 Å². The molecule has 5 nitrogen and oxygen atoms in total. The van der Waals surface area contributed by atoms with Gasteiger partial charge in [0.05, 0.1) is 16.8 Å². The summed E-state index contributed by atoms with van der Waals surface area (Å²) in [6, 6.07) is 0. The van der Waals surface area contributed by atoms with Crippen molar-refractivity contribution in [3.8, 4) is 0 Å². The maximum Gasteiger partial charge on any atom is 0.255 e. The summed E-state index contributed by atoms with van der Waals surface area (Å²) < 4.78 is 1.75. The summed E-state index contributed by atoms with van der Waals surface area (Å²) >= 11 is 0. The predicted molar refractivity (Wildman–Crippen MR) is 79.6 cm³/mol. The van der Waals surface area contributed by atoms with Crippen molar-refractivity contribution in [2.24, 2.45) is 18.7 Å². The third kappa shape index (κ3) is 2.46. The zero-order valence-electron chi connectivity index (χ0n) is 13.0.